The third-order valence-electron chi connectivity index (χ3n) is 1.25. The molecule has 0 aromatic rings. The molecule has 0 bridgehead atoms. The highest BCUT2D eigenvalue weighted by Crippen LogP contribution is 1.99. The predicted molar refractivity (Wildman–Crippen MR) is 37.9 cm³/mol. The van der Waals surface area contributed by atoms with Crippen LogP contribution in [0.2, 0.25) is 0 Å². The van der Waals surface area contributed by atoms with Crippen LogP contribution in [0.5, 0.6) is 0 Å². The molecule has 1 aliphatic heterocycles. The van der Waals surface area contributed by atoms with E-state index in [0.717, 1.165) is 0 Å². The number of rotatable bonds is 1. The lowest BCUT2D eigenvalue weighted by atomic mass is 10.6. The highest BCUT2D eigenvalue weighted by molar-refractivity contribution is 7.61. The molecule has 0 aromatic carbocycles. The number of hydrogen-bond acceptors (Lipinski definition) is 6. The molecule has 0 spiro atoms. The van der Waals surface area contributed by atoms with Gasteiger partial charge in [-0.25, -0.2) is 14.5 Å². The average Bonchev–Trinajstić information content (AvgIpc) is 2.47. The van der Waals surface area contributed by atoms with E-state index in [4.69, 9.17) is 0 Å². The molecule has 13 heavy (non-hydrogen) atoms. The van der Waals surface area contributed by atoms with Crippen molar-refractivity contribution in [2.75, 3.05) is 13.1 Å². The Morgan fingerprint density at radius 3 is 2.77 bits per heavy atom. The van der Waals surface area contributed by atoms with Crippen molar-refractivity contribution in [1.29, 1.82) is 0 Å². The van der Waals surface area contributed by atoms with Crippen molar-refractivity contribution in [3.8, 4) is 0 Å². The summed E-state index contributed by atoms with van der Waals surface area (Å²) in [4.78, 5) is 26.2. The number of carbonyl (C=O) groups excluding carboxylic acids is 2. The first-order valence-electron chi connectivity index (χ1n) is 3.18. The van der Waals surface area contributed by atoms with Crippen molar-refractivity contribution in [3.63, 3.8) is 0 Å². The summed E-state index contributed by atoms with van der Waals surface area (Å²) in [6.07, 6.45) is -1.11. The predicted octanol–water partition coefficient (Wildman–Crippen LogP) is -0.874. The molecule has 9 heteroatoms. The molecular weight excluding hydrogens is 202 g/mol. The van der Waals surface area contributed by atoms with Crippen molar-refractivity contribution in [1.82, 2.24) is 10.2 Å². The Bertz CT molecular complexity index is 352. The fourth-order valence-corrected chi connectivity index (χ4v) is 0.882. The van der Waals surface area contributed by atoms with Gasteiger partial charge in [0.15, 0.2) is 0 Å². The highest BCUT2D eigenvalue weighted by atomic mass is 32.2. The summed E-state index contributed by atoms with van der Waals surface area (Å²) < 4.78 is 22.1. The first-order chi connectivity index (χ1) is 6.11. The van der Waals surface area contributed by atoms with Gasteiger partial charge in [0.05, 0.1) is 11.1 Å². The lowest BCUT2D eigenvalue weighted by molar-refractivity contribution is 0.122. The van der Waals surface area contributed by atoms with Gasteiger partial charge >= 0.3 is 22.6 Å². The Balaban J connectivity index is 2.58. The van der Waals surface area contributed by atoms with Crippen LogP contribution < -0.4 is 5.32 Å². The molecule has 0 saturated carbocycles. The number of imide groups is 1. The molecule has 0 aliphatic carbocycles. The maximum Gasteiger partial charge on any atom is 0.445 e. The highest BCUT2D eigenvalue weighted by Gasteiger charge is 2.27. The van der Waals surface area contributed by atoms with Crippen molar-refractivity contribution >= 4 is 22.6 Å². The van der Waals surface area contributed by atoms with Gasteiger partial charge in [0.25, 0.3) is 0 Å². The lowest BCUT2D eigenvalue weighted by Gasteiger charge is -2.06. The normalized spacial score (nSPS) is 15.1. The topological polar surface area (TPSA) is 105 Å². The molecule has 1 N–H and O–H groups in total. The summed E-state index contributed by atoms with van der Waals surface area (Å²) in [5, 5.41) is 2.33. The SMILES string of the molecule is O=C1NCCN1C(=O)ON=S(=O)=O. The zero-order chi connectivity index (χ0) is 9.84. The number of urea groups is 1. The van der Waals surface area contributed by atoms with Crippen molar-refractivity contribution < 1.29 is 22.8 Å². The Kier molecular flexibility index (Phi) is 2.80. The standard InChI is InChI=1S/C4H5N3O5S/c8-3-5-1-2-7(3)4(9)12-6-13(10)11/h1-2H2,(H,5,8). The second kappa shape index (κ2) is 3.85. The van der Waals surface area contributed by atoms with Crippen LogP contribution in [-0.2, 0) is 15.3 Å². The molecule has 8 nitrogen and oxygen atoms in total. The van der Waals surface area contributed by atoms with E-state index in [1.165, 1.54) is 0 Å². The van der Waals surface area contributed by atoms with E-state index >= 15 is 0 Å². The zero-order valence-corrected chi connectivity index (χ0v) is 7.07. The smallest absolute Gasteiger partial charge is 0.336 e. The molecule has 1 rings (SSSR count). The van der Waals surface area contributed by atoms with Crippen LogP contribution in [0.4, 0.5) is 9.59 Å². The van der Waals surface area contributed by atoms with Gasteiger partial charge < -0.3 is 5.32 Å². The van der Waals surface area contributed by atoms with E-state index in [9.17, 15) is 18.0 Å². The van der Waals surface area contributed by atoms with E-state index in [2.05, 4.69) is 14.7 Å². The first kappa shape index (κ1) is 9.45. The molecule has 0 radical (unpaired) electrons. The number of carbonyl (C=O) groups is 2. The van der Waals surface area contributed by atoms with Crippen LogP contribution >= 0.6 is 0 Å². The Morgan fingerprint density at radius 1 is 1.62 bits per heavy atom. The molecule has 1 fully saturated rings. The van der Waals surface area contributed by atoms with Crippen LogP contribution in [0.3, 0.4) is 0 Å². The molecule has 1 saturated heterocycles. The van der Waals surface area contributed by atoms with Gasteiger partial charge in [0, 0.05) is 6.54 Å². The van der Waals surface area contributed by atoms with E-state index in [-0.39, 0.29) is 6.54 Å². The second-order valence-corrected chi connectivity index (χ2v) is 2.62. The number of hydrogen-bond donors (Lipinski definition) is 1. The minimum atomic E-state index is -2.82. The molecule has 0 atom stereocenters. The summed E-state index contributed by atoms with van der Waals surface area (Å²) in [5.74, 6) is 0. The largest absolute Gasteiger partial charge is 0.445 e. The van der Waals surface area contributed by atoms with Crippen molar-refractivity contribution in [2.24, 2.45) is 4.53 Å². The maximum atomic E-state index is 10.8. The Hall–Kier alpha value is -1.64. The number of nitrogens with zero attached hydrogens (tertiary/aromatic N) is 2. The summed E-state index contributed by atoms with van der Waals surface area (Å²) in [6, 6.07) is -0.628. The molecule has 0 aromatic heterocycles. The molecule has 0 unspecified atom stereocenters. The van der Waals surface area contributed by atoms with E-state index in [0.29, 0.717) is 11.4 Å². The minimum absolute atomic E-state index is 0.138. The monoisotopic (exact) mass is 207 g/mol. The summed E-state index contributed by atoms with van der Waals surface area (Å²) >= 11 is 0. The van der Waals surface area contributed by atoms with Crippen LogP contribution in [0.25, 0.3) is 0 Å². The molecule has 1 heterocycles. The zero-order valence-electron chi connectivity index (χ0n) is 6.26. The van der Waals surface area contributed by atoms with E-state index < -0.39 is 22.6 Å². The number of amides is 3. The maximum absolute atomic E-state index is 10.8. The Morgan fingerprint density at radius 2 is 2.31 bits per heavy atom. The quantitative estimate of drug-likeness (QED) is 0.562. The third-order valence-corrected chi connectivity index (χ3v) is 1.45. The van der Waals surface area contributed by atoms with Gasteiger partial charge in [-0.3, -0.25) is 4.84 Å². The lowest BCUT2D eigenvalue weighted by Crippen LogP contribution is -2.33. The van der Waals surface area contributed by atoms with Crippen LogP contribution in [0.15, 0.2) is 4.53 Å². The van der Waals surface area contributed by atoms with Gasteiger partial charge in [-0.15, -0.1) is 0 Å². The van der Waals surface area contributed by atoms with Crippen molar-refractivity contribution in [2.45, 2.75) is 0 Å². The minimum Gasteiger partial charge on any atom is -0.336 e. The summed E-state index contributed by atoms with van der Waals surface area (Å²) in [6.45, 7) is 0.451. The van der Waals surface area contributed by atoms with Gasteiger partial charge in [-0.05, 0) is 0 Å². The molecular formula is C4H5N3O5S. The average molecular weight is 207 g/mol. The molecule has 1 aliphatic rings. The molecule has 3 amide bonds. The first-order valence-corrected chi connectivity index (χ1v) is 4.21. The fourth-order valence-electron chi connectivity index (χ4n) is 0.757. The summed E-state index contributed by atoms with van der Waals surface area (Å²) in [7, 11) is -2.82. The summed E-state index contributed by atoms with van der Waals surface area (Å²) in [5.41, 5.74) is 0. The van der Waals surface area contributed by atoms with Crippen LogP contribution in [-0.4, -0.2) is 38.5 Å². The van der Waals surface area contributed by atoms with Gasteiger partial charge in [0.2, 0.25) is 0 Å². The van der Waals surface area contributed by atoms with Crippen LogP contribution in [0.1, 0.15) is 0 Å². The van der Waals surface area contributed by atoms with Gasteiger partial charge in [0.1, 0.15) is 0 Å². The van der Waals surface area contributed by atoms with E-state index in [1.54, 1.807) is 0 Å². The fraction of sp³-hybridized carbons (Fsp3) is 0.500. The third kappa shape index (κ3) is 2.40. The van der Waals surface area contributed by atoms with Gasteiger partial charge in [-0.1, -0.05) is 0 Å². The number of nitrogens with one attached hydrogen (secondary N) is 1. The van der Waals surface area contributed by atoms with Gasteiger partial charge in [-0.2, -0.15) is 8.42 Å². The second-order valence-electron chi connectivity index (χ2n) is 2.03. The molecule has 72 valence electrons. The van der Waals surface area contributed by atoms with Crippen molar-refractivity contribution in [3.05, 3.63) is 0 Å². The van der Waals surface area contributed by atoms with E-state index in [1.807, 2.05) is 0 Å². The Labute approximate surface area is 74.1 Å². The van der Waals surface area contributed by atoms with Crippen LogP contribution in [0, 0.1) is 0 Å².